The monoisotopic (exact) mass is 408 g/mol. The third-order valence-electron chi connectivity index (χ3n) is 3.63. The minimum absolute atomic E-state index is 0.00582. The molecule has 7 nitrogen and oxygen atoms in total. The molecule has 0 radical (unpaired) electrons. The highest BCUT2D eigenvalue weighted by Crippen LogP contribution is 2.24. The van der Waals surface area contributed by atoms with Crippen LogP contribution in [-0.4, -0.2) is 40.8 Å². The van der Waals surface area contributed by atoms with Crippen LogP contribution in [-0.2, 0) is 4.74 Å². The number of nitrogens with zero attached hydrogens (tertiary/aromatic N) is 2. The summed E-state index contributed by atoms with van der Waals surface area (Å²) in [6.07, 6.45) is 1.63. The average Bonchev–Trinajstić information content (AvgIpc) is 2.61. The molecule has 1 aromatic carbocycles. The Labute approximate surface area is 155 Å². The van der Waals surface area contributed by atoms with Crippen molar-refractivity contribution in [3.63, 3.8) is 0 Å². The zero-order valence-electron chi connectivity index (χ0n) is 14.3. The topological polar surface area (TPSA) is 96.4 Å². The van der Waals surface area contributed by atoms with Gasteiger partial charge in [0.05, 0.1) is 29.8 Å². The van der Waals surface area contributed by atoms with Crippen molar-refractivity contribution in [3.05, 3.63) is 40.5 Å². The standard InChI is InChI=1S/C17H21BrN4O3/c1-10(2)14(9-23)21-15-13(18)8-19-17(22-15)20-12-6-4-11(5-7-12)16(24)25-3/h4-8,10,14,23H,9H2,1-3H3,(H2,19,20,21,22)/t14-/m0/s1. The Morgan fingerprint density at radius 3 is 2.56 bits per heavy atom. The van der Waals surface area contributed by atoms with E-state index in [2.05, 4.69) is 41.3 Å². The predicted octanol–water partition coefficient (Wildman–Crippen LogP) is 3.20. The van der Waals surface area contributed by atoms with E-state index in [4.69, 9.17) is 0 Å². The fourth-order valence-electron chi connectivity index (χ4n) is 2.06. The van der Waals surface area contributed by atoms with Crippen LogP contribution in [0.5, 0.6) is 0 Å². The number of aromatic nitrogens is 2. The molecule has 0 fully saturated rings. The molecule has 0 amide bonds. The summed E-state index contributed by atoms with van der Waals surface area (Å²) in [6, 6.07) is 6.70. The van der Waals surface area contributed by atoms with Crippen LogP contribution >= 0.6 is 15.9 Å². The number of benzene rings is 1. The first-order chi connectivity index (χ1) is 11.9. The van der Waals surface area contributed by atoms with E-state index in [1.54, 1.807) is 30.5 Å². The van der Waals surface area contributed by atoms with Crippen molar-refractivity contribution in [3.8, 4) is 0 Å². The summed E-state index contributed by atoms with van der Waals surface area (Å²) in [4.78, 5) is 20.1. The van der Waals surface area contributed by atoms with Gasteiger partial charge in [-0.1, -0.05) is 13.8 Å². The van der Waals surface area contributed by atoms with Gasteiger partial charge in [0, 0.05) is 11.9 Å². The normalized spacial score (nSPS) is 11.9. The first kappa shape index (κ1) is 19.1. The Kier molecular flexibility index (Phi) is 6.72. The number of aliphatic hydroxyl groups is 1. The molecule has 0 saturated heterocycles. The quantitative estimate of drug-likeness (QED) is 0.605. The Morgan fingerprint density at radius 2 is 2.00 bits per heavy atom. The number of carbonyl (C=O) groups excluding carboxylic acids is 1. The van der Waals surface area contributed by atoms with Crippen molar-refractivity contribution in [2.24, 2.45) is 5.92 Å². The molecule has 0 saturated carbocycles. The average molecular weight is 409 g/mol. The van der Waals surface area contributed by atoms with Gasteiger partial charge in [-0.05, 0) is 46.1 Å². The van der Waals surface area contributed by atoms with Crippen molar-refractivity contribution in [1.82, 2.24) is 9.97 Å². The molecule has 3 N–H and O–H groups in total. The largest absolute Gasteiger partial charge is 0.465 e. The molecule has 0 spiro atoms. The highest BCUT2D eigenvalue weighted by molar-refractivity contribution is 9.10. The number of hydrogen-bond donors (Lipinski definition) is 3. The second kappa shape index (κ2) is 8.77. The van der Waals surface area contributed by atoms with Crippen molar-refractivity contribution in [2.75, 3.05) is 24.4 Å². The second-order valence-corrected chi connectivity index (χ2v) is 6.62. The molecule has 1 aromatic heterocycles. The van der Waals surface area contributed by atoms with Crippen LogP contribution in [0, 0.1) is 5.92 Å². The maximum Gasteiger partial charge on any atom is 0.337 e. The van der Waals surface area contributed by atoms with Crippen molar-refractivity contribution < 1.29 is 14.6 Å². The number of hydrogen-bond acceptors (Lipinski definition) is 7. The summed E-state index contributed by atoms with van der Waals surface area (Å²) < 4.78 is 5.38. The summed E-state index contributed by atoms with van der Waals surface area (Å²) in [6.45, 7) is 4.04. The number of anilines is 3. The SMILES string of the molecule is COC(=O)c1ccc(Nc2ncc(Br)c(N[C@@H](CO)C(C)C)n2)cc1. The number of esters is 1. The summed E-state index contributed by atoms with van der Waals surface area (Å²) in [5.74, 6) is 0.851. The van der Waals surface area contributed by atoms with Crippen LogP contribution in [0.2, 0.25) is 0 Å². The van der Waals surface area contributed by atoms with E-state index in [0.29, 0.717) is 21.8 Å². The number of ether oxygens (including phenoxy) is 1. The lowest BCUT2D eigenvalue weighted by Gasteiger charge is -2.21. The summed E-state index contributed by atoms with van der Waals surface area (Å²) in [7, 11) is 1.34. The molecular formula is C17H21BrN4O3. The van der Waals surface area contributed by atoms with Crippen LogP contribution in [0.25, 0.3) is 0 Å². The number of nitrogens with one attached hydrogen (secondary N) is 2. The smallest absolute Gasteiger partial charge is 0.337 e. The molecule has 0 unspecified atom stereocenters. The van der Waals surface area contributed by atoms with E-state index in [1.807, 2.05) is 13.8 Å². The van der Waals surface area contributed by atoms with Gasteiger partial charge in [0.15, 0.2) is 0 Å². The fraction of sp³-hybridized carbons (Fsp3) is 0.353. The summed E-state index contributed by atoms with van der Waals surface area (Å²) in [5, 5.41) is 15.8. The third-order valence-corrected chi connectivity index (χ3v) is 4.21. The fourth-order valence-corrected chi connectivity index (χ4v) is 2.37. The molecule has 25 heavy (non-hydrogen) atoms. The van der Waals surface area contributed by atoms with Crippen molar-refractivity contribution in [1.29, 1.82) is 0 Å². The molecular weight excluding hydrogens is 388 g/mol. The maximum atomic E-state index is 11.5. The van der Waals surface area contributed by atoms with Crippen molar-refractivity contribution in [2.45, 2.75) is 19.9 Å². The molecule has 0 aliphatic carbocycles. The van der Waals surface area contributed by atoms with E-state index in [0.717, 1.165) is 5.69 Å². The van der Waals surface area contributed by atoms with E-state index in [9.17, 15) is 9.90 Å². The van der Waals surface area contributed by atoms with E-state index in [-0.39, 0.29) is 24.5 Å². The van der Waals surface area contributed by atoms with Gasteiger partial charge in [0.1, 0.15) is 5.82 Å². The van der Waals surface area contributed by atoms with Gasteiger partial charge in [-0.25, -0.2) is 9.78 Å². The first-order valence-electron chi connectivity index (χ1n) is 7.80. The van der Waals surface area contributed by atoms with Gasteiger partial charge >= 0.3 is 5.97 Å². The molecule has 1 atom stereocenters. The van der Waals surface area contributed by atoms with Crippen LogP contribution < -0.4 is 10.6 Å². The number of rotatable bonds is 7. The van der Waals surface area contributed by atoms with Crippen LogP contribution in [0.3, 0.4) is 0 Å². The van der Waals surface area contributed by atoms with Gasteiger partial charge < -0.3 is 20.5 Å². The third kappa shape index (κ3) is 5.14. The Balaban J connectivity index is 2.15. The van der Waals surface area contributed by atoms with Gasteiger partial charge in [0.25, 0.3) is 0 Å². The number of halogens is 1. The van der Waals surface area contributed by atoms with Gasteiger partial charge in [0.2, 0.25) is 5.95 Å². The number of methoxy groups -OCH3 is 1. The molecule has 0 aliphatic heterocycles. The second-order valence-electron chi connectivity index (χ2n) is 5.76. The van der Waals surface area contributed by atoms with E-state index in [1.165, 1.54) is 7.11 Å². The lowest BCUT2D eigenvalue weighted by Crippen LogP contribution is -2.30. The molecule has 1 heterocycles. The van der Waals surface area contributed by atoms with Crippen LogP contribution in [0.1, 0.15) is 24.2 Å². The Hall–Kier alpha value is -2.19. The first-order valence-corrected chi connectivity index (χ1v) is 8.59. The maximum absolute atomic E-state index is 11.5. The summed E-state index contributed by atoms with van der Waals surface area (Å²) >= 11 is 3.41. The molecule has 2 rings (SSSR count). The van der Waals surface area contributed by atoms with Gasteiger partial charge in [-0.3, -0.25) is 0 Å². The predicted molar refractivity (Wildman–Crippen MR) is 100 cm³/mol. The number of carbonyl (C=O) groups is 1. The van der Waals surface area contributed by atoms with Crippen LogP contribution in [0.4, 0.5) is 17.5 Å². The van der Waals surface area contributed by atoms with Crippen LogP contribution in [0.15, 0.2) is 34.9 Å². The molecule has 8 heteroatoms. The van der Waals surface area contributed by atoms with Crippen molar-refractivity contribution >= 4 is 39.4 Å². The zero-order chi connectivity index (χ0) is 18.4. The minimum Gasteiger partial charge on any atom is -0.465 e. The highest BCUT2D eigenvalue weighted by atomic mass is 79.9. The highest BCUT2D eigenvalue weighted by Gasteiger charge is 2.15. The lowest BCUT2D eigenvalue weighted by atomic mass is 10.1. The summed E-state index contributed by atoms with van der Waals surface area (Å²) in [5.41, 5.74) is 1.21. The minimum atomic E-state index is -0.387. The van der Waals surface area contributed by atoms with E-state index < -0.39 is 0 Å². The van der Waals surface area contributed by atoms with E-state index >= 15 is 0 Å². The van der Waals surface area contributed by atoms with Gasteiger partial charge in [-0.15, -0.1) is 0 Å². The lowest BCUT2D eigenvalue weighted by molar-refractivity contribution is 0.0601. The Morgan fingerprint density at radius 1 is 1.32 bits per heavy atom. The molecule has 0 bridgehead atoms. The Bertz CT molecular complexity index is 722. The molecule has 134 valence electrons. The van der Waals surface area contributed by atoms with Gasteiger partial charge in [-0.2, -0.15) is 4.98 Å². The zero-order valence-corrected chi connectivity index (χ0v) is 15.9. The molecule has 2 aromatic rings. The molecule has 0 aliphatic rings. The number of aliphatic hydroxyl groups excluding tert-OH is 1.